The zero-order chi connectivity index (χ0) is 11.0. The Bertz CT molecular complexity index is 237. The number of nitrogens with two attached hydrogens (primary N) is 1. The van der Waals surface area contributed by atoms with E-state index in [9.17, 15) is 0 Å². The first kappa shape index (κ1) is 11.4. The fourth-order valence-corrected chi connectivity index (χ4v) is 5.63. The normalized spacial score (nSPS) is 44.8. The molecule has 0 aromatic carbocycles. The monoisotopic (exact) mass is 239 g/mol. The van der Waals surface area contributed by atoms with Crippen LogP contribution in [0.2, 0.25) is 0 Å². The second kappa shape index (κ2) is 4.89. The maximum atomic E-state index is 6.44. The quantitative estimate of drug-likeness (QED) is 0.816. The topological polar surface area (TPSA) is 26.0 Å². The largest absolute Gasteiger partial charge is 0.327 e. The van der Waals surface area contributed by atoms with Crippen molar-refractivity contribution in [2.45, 2.75) is 62.7 Å². The SMILES string of the molecule is NC(CC1CC2CCC1C2)C1CCCCS1. The summed E-state index contributed by atoms with van der Waals surface area (Å²) in [7, 11) is 0. The van der Waals surface area contributed by atoms with Crippen molar-refractivity contribution < 1.29 is 0 Å². The lowest BCUT2D eigenvalue weighted by Crippen LogP contribution is -2.36. The Balaban J connectivity index is 1.50. The van der Waals surface area contributed by atoms with Crippen molar-refractivity contribution in [1.82, 2.24) is 0 Å². The molecule has 2 bridgehead atoms. The van der Waals surface area contributed by atoms with Gasteiger partial charge >= 0.3 is 0 Å². The van der Waals surface area contributed by atoms with Gasteiger partial charge in [0.2, 0.25) is 0 Å². The zero-order valence-electron chi connectivity index (χ0n) is 10.2. The Morgan fingerprint density at radius 3 is 2.69 bits per heavy atom. The van der Waals surface area contributed by atoms with Gasteiger partial charge in [-0.05, 0) is 62.0 Å². The minimum Gasteiger partial charge on any atom is -0.327 e. The maximum Gasteiger partial charge on any atom is 0.0199 e. The highest BCUT2D eigenvalue weighted by Crippen LogP contribution is 2.50. The Morgan fingerprint density at radius 1 is 1.12 bits per heavy atom. The van der Waals surface area contributed by atoms with E-state index in [-0.39, 0.29) is 0 Å². The van der Waals surface area contributed by atoms with Crippen LogP contribution < -0.4 is 5.73 Å². The Labute approximate surface area is 104 Å². The highest BCUT2D eigenvalue weighted by Gasteiger charge is 2.40. The number of rotatable bonds is 3. The molecule has 2 aliphatic carbocycles. The maximum absolute atomic E-state index is 6.44. The molecular weight excluding hydrogens is 214 g/mol. The molecule has 1 saturated heterocycles. The fraction of sp³-hybridized carbons (Fsp3) is 1.00. The van der Waals surface area contributed by atoms with Crippen LogP contribution in [0.4, 0.5) is 0 Å². The molecule has 92 valence electrons. The van der Waals surface area contributed by atoms with E-state index in [0.29, 0.717) is 6.04 Å². The summed E-state index contributed by atoms with van der Waals surface area (Å²) in [6, 6.07) is 0.495. The molecule has 0 aromatic rings. The van der Waals surface area contributed by atoms with Crippen molar-refractivity contribution in [3.8, 4) is 0 Å². The summed E-state index contributed by atoms with van der Waals surface area (Å²) in [5.41, 5.74) is 6.44. The summed E-state index contributed by atoms with van der Waals surface area (Å²) in [5.74, 6) is 4.50. The lowest BCUT2D eigenvalue weighted by atomic mass is 9.83. The van der Waals surface area contributed by atoms with E-state index in [1.807, 2.05) is 0 Å². The van der Waals surface area contributed by atoms with Crippen molar-refractivity contribution in [3.63, 3.8) is 0 Å². The summed E-state index contributed by atoms with van der Waals surface area (Å²) in [6.07, 6.45) is 11.6. The van der Waals surface area contributed by atoms with E-state index in [1.165, 1.54) is 57.1 Å². The van der Waals surface area contributed by atoms with Gasteiger partial charge in [-0.1, -0.05) is 12.8 Å². The second-order valence-electron chi connectivity index (χ2n) is 6.24. The Kier molecular flexibility index (Phi) is 3.49. The van der Waals surface area contributed by atoms with Gasteiger partial charge in [0.15, 0.2) is 0 Å². The van der Waals surface area contributed by atoms with E-state index >= 15 is 0 Å². The van der Waals surface area contributed by atoms with Crippen LogP contribution in [-0.4, -0.2) is 17.0 Å². The zero-order valence-corrected chi connectivity index (χ0v) is 11.1. The predicted octanol–water partition coefficient (Wildman–Crippen LogP) is 3.43. The van der Waals surface area contributed by atoms with Gasteiger partial charge in [-0.2, -0.15) is 11.8 Å². The van der Waals surface area contributed by atoms with Crippen LogP contribution >= 0.6 is 11.8 Å². The standard InChI is InChI=1S/C14H25NS/c15-13(14-3-1-2-6-16-14)9-12-8-10-4-5-11(12)7-10/h10-14H,1-9,15H2. The molecule has 16 heavy (non-hydrogen) atoms. The van der Waals surface area contributed by atoms with E-state index in [0.717, 1.165) is 23.0 Å². The average Bonchev–Trinajstić information content (AvgIpc) is 2.92. The van der Waals surface area contributed by atoms with Crippen molar-refractivity contribution >= 4 is 11.8 Å². The highest BCUT2D eigenvalue weighted by molar-refractivity contribution is 8.00. The van der Waals surface area contributed by atoms with Crippen LogP contribution in [0.1, 0.15) is 51.4 Å². The smallest absolute Gasteiger partial charge is 0.0199 e. The van der Waals surface area contributed by atoms with Crippen LogP contribution in [0.3, 0.4) is 0 Å². The molecule has 5 unspecified atom stereocenters. The van der Waals surface area contributed by atoms with E-state index in [1.54, 1.807) is 0 Å². The molecule has 1 nitrogen and oxygen atoms in total. The van der Waals surface area contributed by atoms with Gasteiger partial charge in [-0.15, -0.1) is 0 Å². The molecule has 5 atom stereocenters. The van der Waals surface area contributed by atoms with Gasteiger partial charge in [0.25, 0.3) is 0 Å². The first-order valence-corrected chi connectivity index (χ1v) is 8.25. The summed E-state index contributed by atoms with van der Waals surface area (Å²) in [6.45, 7) is 0. The molecule has 3 rings (SSSR count). The number of hydrogen-bond donors (Lipinski definition) is 1. The van der Waals surface area contributed by atoms with E-state index < -0.39 is 0 Å². The van der Waals surface area contributed by atoms with E-state index in [4.69, 9.17) is 5.73 Å². The fourth-order valence-electron chi connectivity index (χ4n) is 4.27. The third kappa shape index (κ3) is 2.28. The van der Waals surface area contributed by atoms with Gasteiger partial charge < -0.3 is 5.73 Å². The molecule has 2 N–H and O–H groups in total. The number of hydrogen-bond acceptors (Lipinski definition) is 2. The van der Waals surface area contributed by atoms with Crippen LogP contribution in [-0.2, 0) is 0 Å². The molecule has 2 heteroatoms. The summed E-state index contributed by atoms with van der Waals surface area (Å²) >= 11 is 2.15. The average molecular weight is 239 g/mol. The van der Waals surface area contributed by atoms with Gasteiger partial charge in [-0.25, -0.2) is 0 Å². The summed E-state index contributed by atoms with van der Waals surface area (Å²) < 4.78 is 0. The van der Waals surface area contributed by atoms with Gasteiger partial charge in [-0.3, -0.25) is 0 Å². The van der Waals surface area contributed by atoms with Crippen LogP contribution in [0, 0.1) is 17.8 Å². The van der Waals surface area contributed by atoms with Crippen LogP contribution in [0.5, 0.6) is 0 Å². The molecule has 3 fully saturated rings. The van der Waals surface area contributed by atoms with Gasteiger partial charge in [0.1, 0.15) is 0 Å². The number of fused-ring (bicyclic) bond motifs is 2. The highest BCUT2D eigenvalue weighted by atomic mass is 32.2. The first-order valence-electron chi connectivity index (χ1n) is 7.20. The Morgan fingerprint density at radius 2 is 2.06 bits per heavy atom. The molecule has 0 amide bonds. The predicted molar refractivity (Wildman–Crippen MR) is 71.6 cm³/mol. The first-order chi connectivity index (χ1) is 7.83. The van der Waals surface area contributed by atoms with Gasteiger partial charge in [0.05, 0.1) is 0 Å². The van der Waals surface area contributed by atoms with Crippen molar-refractivity contribution in [1.29, 1.82) is 0 Å². The lowest BCUT2D eigenvalue weighted by molar-refractivity contribution is 0.290. The van der Waals surface area contributed by atoms with Crippen molar-refractivity contribution in [2.75, 3.05) is 5.75 Å². The van der Waals surface area contributed by atoms with Crippen molar-refractivity contribution in [2.24, 2.45) is 23.5 Å². The van der Waals surface area contributed by atoms with Crippen LogP contribution in [0.25, 0.3) is 0 Å². The van der Waals surface area contributed by atoms with Gasteiger partial charge in [0, 0.05) is 11.3 Å². The minimum absolute atomic E-state index is 0.495. The molecule has 0 aromatic heterocycles. The summed E-state index contributed by atoms with van der Waals surface area (Å²) in [5, 5.41) is 0.785. The third-order valence-corrected chi connectivity index (χ3v) is 6.69. The lowest BCUT2D eigenvalue weighted by Gasteiger charge is -2.31. The number of thioether (sulfide) groups is 1. The molecule has 1 aliphatic heterocycles. The Hall–Kier alpha value is 0.310. The summed E-state index contributed by atoms with van der Waals surface area (Å²) in [4.78, 5) is 0. The van der Waals surface area contributed by atoms with Crippen LogP contribution in [0.15, 0.2) is 0 Å². The van der Waals surface area contributed by atoms with E-state index in [2.05, 4.69) is 11.8 Å². The second-order valence-corrected chi connectivity index (χ2v) is 7.59. The molecule has 1 heterocycles. The molecule has 3 aliphatic rings. The molecule has 2 saturated carbocycles. The molecule has 0 radical (unpaired) electrons. The van der Waals surface area contributed by atoms with Crippen molar-refractivity contribution in [3.05, 3.63) is 0 Å². The molecular formula is C14H25NS. The minimum atomic E-state index is 0.495. The third-order valence-electron chi connectivity index (χ3n) is 5.15. The molecule has 0 spiro atoms.